The predicted molar refractivity (Wildman–Crippen MR) is 27.6 cm³/mol. The van der Waals surface area contributed by atoms with Crippen molar-refractivity contribution >= 4 is 11.6 Å². The minimum absolute atomic E-state index is 0.0486. The molecular weight excluding hydrogens is 114 g/mol. The van der Waals surface area contributed by atoms with E-state index in [1.54, 1.807) is 6.20 Å². The Bertz CT molecular complexity index is 102. The third kappa shape index (κ3) is 0.996. The molecule has 0 aliphatic carbocycles. The van der Waals surface area contributed by atoms with Crippen molar-refractivity contribution in [3.63, 3.8) is 0 Å². The zero-order valence-electron chi connectivity index (χ0n) is 3.94. The van der Waals surface area contributed by atoms with Gasteiger partial charge in [0.05, 0.1) is 6.20 Å². The van der Waals surface area contributed by atoms with E-state index in [-0.39, 0.29) is 6.23 Å². The number of rotatable bonds is 0. The third-order valence-corrected chi connectivity index (χ3v) is 0.919. The van der Waals surface area contributed by atoms with Crippen molar-refractivity contribution in [1.82, 2.24) is 5.32 Å². The predicted octanol–water partition coefficient (Wildman–Crippen LogP) is 0.990. The quantitative estimate of drug-likeness (QED) is 0.514. The van der Waals surface area contributed by atoms with Gasteiger partial charge in [-0.3, -0.25) is 0 Å². The topological polar surface area (TPSA) is 21.3 Å². The molecule has 0 aromatic rings. The van der Waals surface area contributed by atoms with Crippen LogP contribution in [0.1, 0.15) is 6.92 Å². The van der Waals surface area contributed by atoms with Gasteiger partial charge >= 0.3 is 0 Å². The van der Waals surface area contributed by atoms with Gasteiger partial charge in [-0.25, -0.2) is 0 Å². The molecule has 1 aliphatic heterocycles. The van der Waals surface area contributed by atoms with Crippen molar-refractivity contribution < 1.29 is 4.74 Å². The molecule has 1 atom stereocenters. The molecule has 0 aromatic carbocycles. The summed E-state index contributed by atoms with van der Waals surface area (Å²) in [7, 11) is 0. The molecule has 1 unspecified atom stereocenters. The summed E-state index contributed by atoms with van der Waals surface area (Å²) in [5.74, 6) is 0. The molecule has 0 spiro atoms. The van der Waals surface area contributed by atoms with E-state index in [2.05, 4.69) is 5.32 Å². The maximum Gasteiger partial charge on any atom is 0.205 e. The van der Waals surface area contributed by atoms with E-state index in [1.807, 2.05) is 6.92 Å². The number of ether oxygens (including phenoxy) is 1. The molecule has 1 N–H and O–H groups in total. The summed E-state index contributed by atoms with van der Waals surface area (Å²) < 4.78 is 4.88. The third-order valence-electron chi connectivity index (χ3n) is 0.721. The average Bonchev–Trinajstić information content (AvgIpc) is 1.87. The maximum atomic E-state index is 5.38. The summed E-state index contributed by atoms with van der Waals surface area (Å²) in [4.78, 5) is 0. The molecule has 1 rings (SSSR count). The van der Waals surface area contributed by atoms with Gasteiger partial charge in [0.2, 0.25) is 5.22 Å². The van der Waals surface area contributed by atoms with E-state index in [0.717, 1.165) is 0 Å². The highest BCUT2D eigenvalue weighted by Crippen LogP contribution is 2.09. The van der Waals surface area contributed by atoms with Crippen molar-refractivity contribution in [2.24, 2.45) is 0 Å². The Morgan fingerprint density at radius 1 is 2.00 bits per heavy atom. The molecule has 1 heterocycles. The first-order valence-electron chi connectivity index (χ1n) is 2.07. The van der Waals surface area contributed by atoms with Gasteiger partial charge in [0.15, 0.2) is 6.23 Å². The van der Waals surface area contributed by atoms with E-state index in [4.69, 9.17) is 16.3 Å². The standard InChI is InChI=1S/C4H6ClNO/c1-3-6-2-4(5)7-3/h2-3,6H,1H3. The molecule has 0 aromatic heterocycles. The Balaban J connectivity index is 2.42. The number of halogens is 1. The van der Waals surface area contributed by atoms with E-state index in [1.165, 1.54) is 0 Å². The zero-order chi connectivity index (χ0) is 5.28. The maximum absolute atomic E-state index is 5.38. The molecule has 2 nitrogen and oxygen atoms in total. The van der Waals surface area contributed by atoms with Gasteiger partial charge in [0.1, 0.15) is 0 Å². The van der Waals surface area contributed by atoms with Crippen LogP contribution in [0.5, 0.6) is 0 Å². The van der Waals surface area contributed by atoms with E-state index < -0.39 is 0 Å². The highest BCUT2D eigenvalue weighted by molar-refractivity contribution is 6.28. The Hall–Kier alpha value is -0.370. The Morgan fingerprint density at radius 2 is 2.71 bits per heavy atom. The van der Waals surface area contributed by atoms with Crippen LogP contribution < -0.4 is 5.32 Å². The lowest BCUT2D eigenvalue weighted by Crippen LogP contribution is -2.15. The van der Waals surface area contributed by atoms with Gasteiger partial charge in [0.25, 0.3) is 0 Å². The fourth-order valence-corrected chi connectivity index (χ4v) is 0.616. The molecule has 3 heteroatoms. The minimum Gasteiger partial charge on any atom is -0.459 e. The molecule has 7 heavy (non-hydrogen) atoms. The van der Waals surface area contributed by atoms with Crippen LogP contribution >= 0.6 is 11.6 Å². The lowest BCUT2D eigenvalue weighted by atomic mass is 10.7. The SMILES string of the molecule is CC1NC=C(Cl)O1. The van der Waals surface area contributed by atoms with Gasteiger partial charge in [-0.2, -0.15) is 0 Å². The van der Waals surface area contributed by atoms with Crippen molar-refractivity contribution in [2.45, 2.75) is 13.2 Å². The first-order valence-corrected chi connectivity index (χ1v) is 2.45. The molecule has 0 saturated carbocycles. The van der Waals surface area contributed by atoms with Crippen molar-refractivity contribution in [3.8, 4) is 0 Å². The number of nitrogens with one attached hydrogen (secondary N) is 1. The Morgan fingerprint density at radius 3 is 2.86 bits per heavy atom. The molecule has 0 bridgehead atoms. The largest absolute Gasteiger partial charge is 0.459 e. The molecule has 0 radical (unpaired) electrons. The molecule has 40 valence electrons. The van der Waals surface area contributed by atoms with Crippen molar-refractivity contribution in [2.75, 3.05) is 0 Å². The van der Waals surface area contributed by atoms with Crippen molar-refractivity contribution in [1.29, 1.82) is 0 Å². The van der Waals surface area contributed by atoms with Crippen LogP contribution in [0.2, 0.25) is 0 Å². The van der Waals surface area contributed by atoms with Crippen LogP contribution in [-0.4, -0.2) is 6.23 Å². The Labute approximate surface area is 47.1 Å². The fraction of sp³-hybridized carbons (Fsp3) is 0.500. The van der Waals surface area contributed by atoms with Crippen LogP contribution in [0.4, 0.5) is 0 Å². The van der Waals surface area contributed by atoms with Gasteiger partial charge < -0.3 is 10.1 Å². The molecule has 0 amide bonds. The van der Waals surface area contributed by atoms with Gasteiger partial charge in [0, 0.05) is 0 Å². The lowest BCUT2D eigenvalue weighted by Gasteiger charge is -2.01. The van der Waals surface area contributed by atoms with Gasteiger partial charge in [-0.05, 0) is 18.5 Å². The summed E-state index contributed by atoms with van der Waals surface area (Å²) in [6.07, 6.45) is 1.68. The second kappa shape index (κ2) is 1.62. The summed E-state index contributed by atoms with van der Waals surface area (Å²) in [6.45, 7) is 1.88. The highest BCUT2D eigenvalue weighted by Gasteiger charge is 2.07. The molecule has 0 fully saturated rings. The summed E-state index contributed by atoms with van der Waals surface area (Å²) >= 11 is 5.38. The average molecular weight is 120 g/mol. The van der Waals surface area contributed by atoms with Gasteiger partial charge in [-0.15, -0.1) is 0 Å². The normalized spacial score (nSPS) is 28.3. The molecule has 0 saturated heterocycles. The monoisotopic (exact) mass is 119 g/mol. The fourth-order valence-electron chi connectivity index (χ4n) is 0.420. The van der Waals surface area contributed by atoms with Crippen LogP contribution in [0, 0.1) is 0 Å². The van der Waals surface area contributed by atoms with E-state index >= 15 is 0 Å². The summed E-state index contributed by atoms with van der Waals surface area (Å²) in [6, 6.07) is 0. The Kier molecular flexibility index (Phi) is 1.11. The van der Waals surface area contributed by atoms with Crippen LogP contribution in [0.25, 0.3) is 0 Å². The molecular formula is C4H6ClNO. The van der Waals surface area contributed by atoms with Crippen LogP contribution in [0.15, 0.2) is 11.4 Å². The number of hydrogen-bond acceptors (Lipinski definition) is 2. The smallest absolute Gasteiger partial charge is 0.205 e. The number of hydrogen-bond donors (Lipinski definition) is 1. The second-order valence-electron chi connectivity index (χ2n) is 1.38. The first kappa shape index (κ1) is 4.78. The lowest BCUT2D eigenvalue weighted by molar-refractivity contribution is 0.161. The van der Waals surface area contributed by atoms with E-state index in [0.29, 0.717) is 5.22 Å². The summed E-state index contributed by atoms with van der Waals surface area (Å²) in [5, 5.41) is 3.29. The van der Waals surface area contributed by atoms with Crippen molar-refractivity contribution in [3.05, 3.63) is 11.4 Å². The van der Waals surface area contributed by atoms with E-state index in [9.17, 15) is 0 Å². The van der Waals surface area contributed by atoms with Crippen LogP contribution in [-0.2, 0) is 4.74 Å². The zero-order valence-corrected chi connectivity index (χ0v) is 4.70. The first-order chi connectivity index (χ1) is 3.29. The second-order valence-corrected chi connectivity index (χ2v) is 1.75. The highest BCUT2D eigenvalue weighted by atomic mass is 35.5. The molecule has 1 aliphatic rings. The van der Waals surface area contributed by atoms with Gasteiger partial charge in [-0.1, -0.05) is 0 Å². The minimum atomic E-state index is 0.0486. The van der Waals surface area contributed by atoms with Crippen LogP contribution in [0.3, 0.4) is 0 Å². The summed E-state index contributed by atoms with van der Waals surface area (Å²) in [5.41, 5.74) is 0.